The molecule has 0 saturated carbocycles. The van der Waals surface area contributed by atoms with Crippen LogP contribution in [0, 0.1) is 5.92 Å². The van der Waals surface area contributed by atoms with E-state index in [0.29, 0.717) is 72.8 Å². The highest BCUT2D eigenvalue weighted by Crippen LogP contribution is 2.32. The zero-order valence-electron chi connectivity index (χ0n) is 44.0. The van der Waals surface area contributed by atoms with Crippen LogP contribution < -0.4 is 43.0 Å². The van der Waals surface area contributed by atoms with Gasteiger partial charge in [0.15, 0.2) is 5.82 Å². The Kier molecular flexibility index (Phi) is 21.2. The van der Waals surface area contributed by atoms with Crippen LogP contribution in [0.3, 0.4) is 0 Å². The minimum absolute atomic E-state index is 0.0721. The lowest BCUT2D eigenvalue weighted by molar-refractivity contribution is -0.137. The Labute approximate surface area is 441 Å². The molecule has 9 N–H and O–H groups in total. The maximum absolute atomic E-state index is 13.6. The van der Waals surface area contributed by atoms with Crippen molar-refractivity contribution in [1.82, 2.24) is 46.0 Å². The fourth-order valence-electron chi connectivity index (χ4n) is 8.79. The van der Waals surface area contributed by atoms with Gasteiger partial charge in [-0.3, -0.25) is 33.7 Å². The van der Waals surface area contributed by atoms with E-state index in [2.05, 4.69) is 37.2 Å². The number of amides is 9. The molecule has 4 heterocycles. The Morgan fingerprint density at radius 3 is 2.32 bits per heavy atom. The molecule has 410 valence electrons. The Balaban J connectivity index is 0.975. The summed E-state index contributed by atoms with van der Waals surface area (Å²) in [5.74, 6) is -1.66. The lowest BCUT2D eigenvalue weighted by Crippen LogP contribution is -2.54. The van der Waals surface area contributed by atoms with E-state index in [0.717, 1.165) is 35.2 Å². The Bertz CT molecular complexity index is 2720. The van der Waals surface area contributed by atoms with Crippen LogP contribution in [0.25, 0.3) is 21.9 Å². The van der Waals surface area contributed by atoms with E-state index in [1.165, 1.54) is 12.2 Å². The maximum Gasteiger partial charge on any atom is 0.407 e. The molecule has 9 amide bonds. The number of pyridine rings is 1. The summed E-state index contributed by atoms with van der Waals surface area (Å²) in [4.78, 5) is 112. The van der Waals surface area contributed by atoms with Crippen LogP contribution in [-0.2, 0) is 62.7 Å². The monoisotopic (exact) mass is 1050 g/mol. The summed E-state index contributed by atoms with van der Waals surface area (Å²) in [6.45, 7) is 11.8. The highest BCUT2D eigenvalue weighted by molar-refractivity contribution is 6.13. The number of ether oxygens (including phenoxy) is 3. The molecule has 3 atom stereocenters. The second-order valence-electron chi connectivity index (χ2n) is 19.6. The molecule has 2 aromatic carbocycles. The summed E-state index contributed by atoms with van der Waals surface area (Å²) < 4.78 is 19.7. The number of imide groups is 1. The van der Waals surface area contributed by atoms with Gasteiger partial charge in [0.05, 0.1) is 35.8 Å². The van der Waals surface area contributed by atoms with E-state index < -0.39 is 41.6 Å². The lowest BCUT2D eigenvalue weighted by atomic mass is 10.0. The van der Waals surface area contributed by atoms with Crippen molar-refractivity contribution in [2.24, 2.45) is 11.7 Å². The quantitative estimate of drug-likeness (QED) is 0.0281. The van der Waals surface area contributed by atoms with Crippen molar-refractivity contribution in [3.05, 3.63) is 72.1 Å². The number of nitrogens with two attached hydrogens (primary N) is 1. The van der Waals surface area contributed by atoms with Crippen molar-refractivity contribution in [3.63, 3.8) is 0 Å². The Hall–Kier alpha value is -7.50. The van der Waals surface area contributed by atoms with E-state index in [-0.39, 0.29) is 87.9 Å². The molecule has 0 aliphatic carbocycles. The van der Waals surface area contributed by atoms with E-state index in [1.807, 2.05) is 49.6 Å². The second kappa shape index (κ2) is 27.9. The number of fused-ring (bicyclic) bond motifs is 3. The van der Waals surface area contributed by atoms with Crippen LogP contribution in [0.1, 0.15) is 97.4 Å². The summed E-state index contributed by atoms with van der Waals surface area (Å²) >= 11 is 0. The van der Waals surface area contributed by atoms with E-state index in [4.69, 9.17) is 29.9 Å². The lowest BCUT2D eigenvalue weighted by Gasteiger charge is -2.27. The average molecular weight is 1050 g/mol. The van der Waals surface area contributed by atoms with Gasteiger partial charge in [0.1, 0.15) is 36.6 Å². The number of nitrogens with one attached hydrogen (secondary N) is 7. The predicted molar refractivity (Wildman–Crippen MR) is 283 cm³/mol. The molecule has 23 heteroatoms. The third-order valence-electron chi connectivity index (χ3n) is 12.8. The molecule has 2 aliphatic heterocycles. The van der Waals surface area contributed by atoms with Crippen molar-refractivity contribution < 1.29 is 52.6 Å². The molecule has 6 rings (SSSR count). The zero-order valence-corrected chi connectivity index (χ0v) is 44.0. The number of carbonyl (C=O) groups is 8. The number of benzene rings is 2. The van der Waals surface area contributed by atoms with Crippen molar-refractivity contribution in [1.29, 1.82) is 0 Å². The first-order chi connectivity index (χ1) is 36.4. The number of urea groups is 1. The van der Waals surface area contributed by atoms with Gasteiger partial charge < -0.3 is 61.7 Å². The summed E-state index contributed by atoms with van der Waals surface area (Å²) in [6.07, 6.45) is 5.57. The maximum atomic E-state index is 13.6. The zero-order chi connectivity index (χ0) is 54.8. The standard InChI is InChI=1S/C53H72N12O11/c1-6-74-31-40-61-45-46(36-14-9-10-15-37(36)59-47(45)63-48(69)38-16-12-25-55-38)65(40)32-53(4,5)76-29-27-57-52(73)75-30-34-19-21-35(22-20-34)58-49(70)39(17-13-26-56-51(54)72)60-50(71)44(33(2)3)62-41(66)18-8-7-11-28-64-42(67)23-24-43(64)68/h9-10,14-15,19-24,33,38-39,44,55H,6-8,11-13,16-18,25-32H2,1-5H3,(H,57,73)(H,58,70)(H,60,71)(H,62,66)(H3,54,56,72)(H,59,63,69)/t38-,39-,44-/m0/s1. The molecule has 1 fully saturated rings. The number of aromatic nitrogens is 3. The number of primary amides is 1. The van der Waals surface area contributed by atoms with E-state index in [1.54, 1.807) is 38.1 Å². The molecule has 2 aromatic heterocycles. The topological polar surface area (TPSA) is 308 Å². The number of rotatable bonds is 29. The molecule has 0 bridgehead atoms. The Morgan fingerprint density at radius 2 is 1.62 bits per heavy atom. The molecule has 0 radical (unpaired) electrons. The first-order valence-corrected chi connectivity index (χ1v) is 25.9. The summed E-state index contributed by atoms with van der Waals surface area (Å²) in [6, 6.07) is 11.2. The first kappa shape index (κ1) is 57.8. The third kappa shape index (κ3) is 16.8. The molecular formula is C53H72N12O11. The van der Waals surface area contributed by atoms with Gasteiger partial charge in [0, 0.05) is 55.9 Å². The van der Waals surface area contributed by atoms with E-state index in [9.17, 15) is 38.4 Å². The van der Waals surface area contributed by atoms with Gasteiger partial charge in [-0.25, -0.2) is 19.6 Å². The normalized spacial score (nSPS) is 15.2. The molecule has 4 aromatic rings. The molecule has 76 heavy (non-hydrogen) atoms. The number of hydrogen-bond donors (Lipinski definition) is 8. The van der Waals surface area contributed by atoms with Crippen molar-refractivity contribution >= 4 is 81.0 Å². The highest BCUT2D eigenvalue weighted by atomic mass is 16.5. The number of imidazole rings is 1. The summed E-state index contributed by atoms with van der Waals surface area (Å²) in [5.41, 5.74) is 7.52. The number of anilines is 2. The fraction of sp³-hybridized carbons (Fsp3) is 0.509. The van der Waals surface area contributed by atoms with Crippen molar-refractivity contribution in [2.75, 3.05) is 50.0 Å². The van der Waals surface area contributed by atoms with Crippen molar-refractivity contribution in [3.8, 4) is 0 Å². The second-order valence-corrected chi connectivity index (χ2v) is 19.6. The van der Waals surface area contributed by atoms with Gasteiger partial charge in [0.2, 0.25) is 23.6 Å². The SMILES string of the molecule is CCOCc1nc2c(NC(=O)[C@@H]3CCCN3)nc3ccccc3c2n1CC(C)(C)OCCNC(=O)OCc1ccc(NC(=O)[C@H](CCCNC(N)=O)NC(=O)[C@@H](NC(=O)CCCCCN2C(=O)C=CC2=O)C(C)C)cc1. The first-order valence-electron chi connectivity index (χ1n) is 25.9. The van der Waals surface area contributed by atoms with Crippen LogP contribution in [0.4, 0.5) is 21.1 Å². The number of alkyl carbamates (subject to hydrolysis) is 1. The number of nitrogens with zero attached hydrogens (tertiary/aromatic N) is 4. The van der Waals surface area contributed by atoms with Crippen LogP contribution in [0.2, 0.25) is 0 Å². The molecule has 1 saturated heterocycles. The Morgan fingerprint density at radius 1 is 0.868 bits per heavy atom. The third-order valence-corrected chi connectivity index (χ3v) is 12.8. The number of carbonyl (C=O) groups excluding carboxylic acids is 8. The van der Waals surface area contributed by atoms with Crippen LogP contribution in [-0.4, -0.2) is 130 Å². The van der Waals surface area contributed by atoms with Crippen LogP contribution >= 0.6 is 0 Å². The molecular weight excluding hydrogens is 981 g/mol. The number of hydrogen-bond acceptors (Lipinski definition) is 14. The molecule has 2 aliphatic rings. The number of para-hydroxylation sites is 1. The van der Waals surface area contributed by atoms with Gasteiger partial charge in [0.25, 0.3) is 11.8 Å². The van der Waals surface area contributed by atoms with Gasteiger partial charge in [-0.1, -0.05) is 50.6 Å². The summed E-state index contributed by atoms with van der Waals surface area (Å²) in [7, 11) is 0. The van der Waals surface area contributed by atoms with Crippen LogP contribution in [0.15, 0.2) is 60.7 Å². The number of unbranched alkanes of at least 4 members (excludes halogenated alkanes) is 2. The molecule has 23 nitrogen and oxygen atoms in total. The molecule has 0 unspecified atom stereocenters. The van der Waals surface area contributed by atoms with Crippen molar-refractivity contribution in [2.45, 2.75) is 129 Å². The van der Waals surface area contributed by atoms with Gasteiger partial charge >= 0.3 is 12.1 Å². The highest BCUT2D eigenvalue weighted by Gasteiger charge is 2.31. The largest absolute Gasteiger partial charge is 0.445 e. The smallest absolute Gasteiger partial charge is 0.407 e. The van der Waals surface area contributed by atoms with Gasteiger partial charge in [-0.15, -0.1) is 0 Å². The fourth-order valence-corrected chi connectivity index (χ4v) is 8.79. The molecule has 0 spiro atoms. The average Bonchev–Trinajstić information content (AvgIpc) is 4.14. The minimum Gasteiger partial charge on any atom is -0.445 e. The summed E-state index contributed by atoms with van der Waals surface area (Å²) in [5, 5.41) is 20.7. The van der Waals surface area contributed by atoms with Gasteiger partial charge in [-0.05, 0) is 95.5 Å². The van der Waals surface area contributed by atoms with Crippen LogP contribution in [0.5, 0.6) is 0 Å². The van der Waals surface area contributed by atoms with Gasteiger partial charge in [-0.2, -0.15) is 0 Å². The van der Waals surface area contributed by atoms with E-state index >= 15 is 0 Å². The predicted octanol–water partition coefficient (Wildman–Crippen LogP) is 4.03. The minimum atomic E-state index is -1.05.